The molecule has 0 bridgehead atoms. The van der Waals surface area contributed by atoms with Crippen LogP contribution in [0.3, 0.4) is 0 Å². The lowest BCUT2D eigenvalue weighted by molar-refractivity contribution is 0.102. The standard InChI is InChI=1S/C25H25BrFN3O3S/c1-18-5-8-22(9-6-18)34(32,33)30-13-11-29(12-14-30)17-19-3-2-4-20(15-19)25(31)28-24-10-7-21(26)16-23(24)27/h2-10,15-16H,11-14,17H2,1H3,(H,28,31). The first kappa shape index (κ1) is 24.5. The summed E-state index contributed by atoms with van der Waals surface area (Å²) in [5, 5.41) is 2.60. The Morgan fingerprint density at radius 1 is 1.00 bits per heavy atom. The van der Waals surface area contributed by atoms with Crippen molar-refractivity contribution in [1.82, 2.24) is 9.21 Å². The molecule has 0 spiro atoms. The second kappa shape index (κ2) is 10.4. The molecule has 1 saturated heterocycles. The van der Waals surface area contributed by atoms with Gasteiger partial charge in [-0.3, -0.25) is 9.69 Å². The van der Waals surface area contributed by atoms with Gasteiger partial charge < -0.3 is 5.32 Å². The van der Waals surface area contributed by atoms with Crippen molar-refractivity contribution in [2.45, 2.75) is 18.4 Å². The van der Waals surface area contributed by atoms with E-state index >= 15 is 0 Å². The minimum Gasteiger partial charge on any atom is -0.319 e. The number of rotatable bonds is 6. The summed E-state index contributed by atoms with van der Waals surface area (Å²) in [6, 6.07) is 18.5. The highest BCUT2D eigenvalue weighted by molar-refractivity contribution is 9.10. The zero-order chi connectivity index (χ0) is 24.3. The second-order valence-electron chi connectivity index (χ2n) is 8.27. The van der Waals surface area contributed by atoms with Gasteiger partial charge >= 0.3 is 0 Å². The van der Waals surface area contributed by atoms with Crippen molar-refractivity contribution in [3.63, 3.8) is 0 Å². The highest BCUT2D eigenvalue weighted by atomic mass is 79.9. The average Bonchev–Trinajstić information content (AvgIpc) is 2.82. The number of hydrogen-bond donors (Lipinski definition) is 1. The van der Waals surface area contributed by atoms with Crippen LogP contribution in [0.1, 0.15) is 21.5 Å². The highest BCUT2D eigenvalue weighted by Crippen LogP contribution is 2.21. The highest BCUT2D eigenvalue weighted by Gasteiger charge is 2.28. The van der Waals surface area contributed by atoms with Crippen LogP contribution >= 0.6 is 15.9 Å². The summed E-state index contributed by atoms with van der Waals surface area (Å²) in [6.45, 7) is 4.49. The van der Waals surface area contributed by atoms with Gasteiger partial charge in [-0.2, -0.15) is 4.31 Å². The fraction of sp³-hybridized carbons (Fsp3) is 0.240. The Kier molecular flexibility index (Phi) is 7.47. The van der Waals surface area contributed by atoms with E-state index in [9.17, 15) is 17.6 Å². The number of sulfonamides is 1. The van der Waals surface area contributed by atoms with Gasteiger partial charge in [0.25, 0.3) is 5.91 Å². The molecule has 34 heavy (non-hydrogen) atoms. The molecule has 0 aromatic heterocycles. The van der Waals surface area contributed by atoms with Crippen LogP contribution in [0, 0.1) is 12.7 Å². The topological polar surface area (TPSA) is 69.7 Å². The number of nitrogens with one attached hydrogen (secondary N) is 1. The SMILES string of the molecule is Cc1ccc(S(=O)(=O)N2CCN(Cc3cccc(C(=O)Nc4ccc(Br)cc4F)c3)CC2)cc1. The summed E-state index contributed by atoms with van der Waals surface area (Å²) in [6.07, 6.45) is 0. The molecule has 6 nitrogen and oxygen atoms in total. The minimum atomic E-state index is -3.51. The van der Waals surface area contributed by atoms with Crippen molar-refractivity contribution in [2.75, 3.05) is 31.5 Å². The normalized spacial score (nSPS) is 15.3. The lowest BCUT2D eigenvalue weighted by atomic mass is 10.1. The number of amides is 1. The molecule has 0 atom stereocenters. The van der Waals surface area contributed by atoms with Gasteiger partial charge in [-0.05, 0) is 55.0 Å². The van der Waals surface area contributed by atoms with E-state index in [4.69, 9.17) is 0 Å². The fourth-order valence-corrected chi connectivity index (χ4v) is 5.60. The molecular formula is C25H25BrFN3O3S. The third-order valence-electron chi connectivity index (χ3n) is 5.76. The Balaban J connectivity index is 1.36. The molecule has 1 fully saturated rings. The number of nitrogens with zero attached hydrogens (tertiary/aromatic N) is 2. The van der Waals surface area contributed by atoms with Crippen molar-refractivity contribution in [3.05, 3.63) is 93.7 Å². The van der Waals surface area contributed by atoms with Gasteiger partial charge in [-0.25, -0.2) is 12.8 Å². The number of aryl methyl sites for hydroxylation is 1. The van der Waals surface area contributed by atoms with Crippen molar-refractivity contribution in [3.8, 4) is 0 Å². The van der Waals surface area contributed by atoms with E-state index in [1.54, 1.807) is 48.5 Å². The molecular weight excluding hydrogens is 521 g/mol. The van der Waals surface area contributed by atoms with E-state index in [-0.39, 0.29) is 5.69 Å². The van der Waals surface area contributed by atoms with E-state index in [2.05, 4.69) is 26.1 Å². The lowest BCUT2D eigenvalue weighted by Crippen LogP contribution is -2.48. The van der Waals surface area contributed by atoms with E-state index in [0.29, 0.717) is 47.7 Å². The molecule has 3 aromatic rings. The number of benzene rings is 3. The van der Waals surface area contributed by atoms with Gasteiger partial charge in [0.1, 0.15) is 5.82 Å². The van der Waals surface area contributed by atoms with Crippen LogP contribution in [0.5, 0.6) is 0 Å². The van der Waals surface area contributed by atoms with Gasteiger partial charge in [0.05, 0.1) is 10.6 Å². The second-order valence-corrected chi connectivity index (χ2v) is 11.1. The van der Waals surface area contributed by atoms with Crippen LogP contribution < -0.4 is 5.32 Å². The van der Waals surface area contributed by atoms with Gasteiger partial charge in [-0.1, -0.05) is 45.8 Å². The zero-order valence-corrected chi connectivity index (χ0v) is 21.1. The predicted molar refractivity (Wildman–Crippen MR) is 134 cm³/mol. The monoisotopic (exact) mass is 545 g/mol. The fourth-order valence-electron chi connectivity index (χ4n) is 3.84. The maximum atomic E-state index is 14.1. The van der Waals surface area contributed by atoms with Crippen molar-refractivity contribution in [1.29, 1.82) is 0 Å². The first-order chi connectivity index (χ1) is 16.2. The van der Waals surface area contributed by atoms with E-state index < -0.39 is 21.7 Å². The van der Waals surface area contributed by atoms with E-state index in [0.717, 1.165) is 11.1 Å². The van der Waals surface area contributed by atoms with Crippen LogP contribution in [-0.2, 0) is 16.6 Å². The van der Waals surface area contributed by atoms with Gasteiger partial charge in [0.2, 0.25) is 10.0 Å². The quantitative estimate of drug-likeness (QED) is 0.489. The number of piperazine rings is 1. The zero-order valence-electron chi connectivity index (χ0n) is 18.7. The molecule has 0 radical (unpaired) electrons. The van der Waals surface area contributed by atoms with Crippen LogP contribution in [0.25, 0.3) is 0 Å². The molecule has 1 heterocycles. The van der Waals surface area contributed by atoms with Crippen LogP contribution in [0.15, 0.2) is 76.1 Å². The summed E-state index contributed by atoms with van der Waals surface area (Å²) < 4.78 is 42.0. The summed E-state index contributed by atoms with van der Waals surface area (Å²) >= 11 is 3.20. The van der Waals surface area contributed by atoms with Crippen LogP contribution in [-0.4, -0.2) is 49.7 Å². The minimum absolute atomic E-state index is 0.115. The average molecular weight is 546 g/mol. The Bertz CT molecular complexity index is 1290. The molecule has 1 amide bonds. The molecule has 0 aliphatic carbocycles. The van der Waals surface area contributed by atoms with Crippen molar-refractivity contribution < 1.29 is 17.6 Å². The first-order valence-corrected chi connectivity index (χ1v) is 13.1. The third kappa shape index (κ3) is 5.72. The molecule has 1 aliphatic rings. The molecule has 0 saturated carbocycles. The number of carbonyl (C=O) groups is 1. The Morgan fingerprint density at radius 3 is 2.38 bits per heavy atom. The summed E-state index contributed by atoms with van der Waals surface area (Å²) in [7, 11) is -3.51. The molecule has 1 aliphatic heterocycles. The number of hydrogen-bond acceptors (Lipinski definition) is 4. The number of carbonyl (C=O) groups excluding carboxylic acids is 1. The predicted octanol–water partition coefficient (Wildman–Crippen LogP) is 4.66. The maximum absolute atomic E-state index is 14.1. The largest absolute Gasteiger partial charge is 0.319 e. The van der Waals surface area contributed by atoms with E-state index in [1.807, 2.05) is 13.0 Å². The number of anilines is 1. The van der Waals surface area contributed by atoms with Crippen molar-refractivity contribution >= 4 is 37.5 Å². The van der Waals surface area contributed by atoms with Gasteiger partial charge in [0, 0.05) is 42.8 Å². The van der Waals surface area contributed by atoms with Gasteiger partial charge in [-0.15, -0.1) is 0 Å². The van der Waals surface area contributed by atoms with Crippen molar-refractivity contribution in [2.24, 2.45) is 0 Å². The molecule has 9 heteroatoms. The van der Waals surface area contributed by atoms with E-state index in [1.165, 1.54) is 16.4 Å². The third-order valence-corrected chi connectivity index (χ3v) is 8.17. The molecule has 4 rings (SSSR count). The molecule has 178 valence electrons. The Labute approximate surface area is 207 Å². The summed E-state index contributed by atoms with van der Waals surface area (Å²) in [5.74, 6) is -0.908. The summed E-state index contributed by atoms with van der Waals surface area (Å²) in [5.41, 5.74) is 2.49. The Hall–Kier alpha value is -2.59. The Morgan fingerprint density at radius 2 is 1.71 bits per heavy atom. The smallest absolute Gasteiger partial charge is 0.255 e. The molecule has 0 unspecified atom stereocenters. The molecule has 1 N–H and O–H groups in total. The van der Waals surface area contributed by atoms with Crippen LogP contribution in [0.4, 0.5) is 10.1 Å². The van der Waals surface area contributed by atoms with Crippen LogP contribution in [0.2, 0.25) is 0 Å². The maximum Gasteiger partial charge on any atom is 0.255 e. The summed E-state index contributed by atoms with van der Waals surface area (Å²) in [4.78, 5) is 15.1. The molecule has 3 aromatic carbocycles. The first-order valence-electron chi connectivity index (χ1n) is 10.9. The van der Waals surface area contributed by atoms with Gasteiger partial charge in [0.15, 0.2) is 0 Å². The number of halogens is 2. The lowest BCUT2D eigenvalue weighted by Gasteiger charge is -2.34.